The third-order valence-corrected chi connectivity index (χ3v) is 4.89. The monoisotopic (exact) mass is 348 g/mol. The Morgan fingerprint density at radius 2 is 1.96 bits per heavy atom. The fraction of sp³-hybridized carbons (Fsp3) is 0.227. The second kappa shape index (κ2) is 6.45. The Labute approximate surface area is 151 Å². The maximum Gasteiger partial charge on any atom is 0.280 e. The maximum atomic E-state index is 14.2. The van der Waals surface area contributed by atoms with Crippen LogP contribution in [0.15, 0.2) is 48.4 Å². The predicted molar refractivity (Wildman–Crippen MR) is 103 cm³/mol. The van der Waals surface area contributed by atoms with Gasteiger partial charge >= 0.3 is 0 Å². The second-order valence-electron chi connectivity index (χ2n) is 7.04. The summed E-state index contributed by atoms with van der Waals surface area (Å²) in [5, 5.41) is 3.83. The number of carbonyl (C=O) groups is 1. The molecule has 2 aromatic carbocycles. The third kappa shape index (κ3) is 3.27. The van der Waals surface area contributed by atoms with E-state index in [2.05, 4.69) is 34.6 Å². The first-order valence-corrected chi connectivity index (χ1v) is 8.88. The minimum absolute atomic E-state index is 0.148. The van der Waals surface area contributed by atoms with E-state index in [-0.39, 0.29) is 6.04 Å². The van der Waals surface area contributed by atoms with Crippen molar-refractivity contribution < 1.29 is 9.18 Å². The topological polar surface area (TPSA) is 44.9 Å². The molecular weight excluding hydrogens is 327 g/mol. The standard InChI is InChI=1S/C22H21FN2O/c1-13-10-19(15-3-6-21-16(11-15)7-8-24-21)14(2)9-17(13)12-20(23)22(26)25-18-4-5-18/h3,6-12,18,24H,4-5H2,1-2H3,(H,25,26)/b20-12+. The molecule has 3 nitrogen and oxygen atoms in total. The van der Waals surface area contributed by atoms with Crippen molar-refractivity contribution in [1.29, 1.82) is 0 Å². The highest BCUT2D eigenvalue weighted by atomic mass is 19.1. The number of aromatic amines is 1. The number of nitrogens with one attached hydrogen (secondary N) is 2. The number of halogens is 1. The molecule has 1 aliphatic carbocycles. The van der Waals surface area contributed by atoms with Gasteiger partial charge in [0.1, 0.15) is 0 Å². The van der Waals surface area contributed by atoms with Crippen LogP contribution in [0.5, 0.6) is 0 Å². The van der Waals surface area contributed by atoms with Gasteiger partial charge in [-0.2, -0.15) is 0 Å². The first-order valence-electron chi connectivity index (χ1n) is 8.88. The molecule has 2 N–H and O–H groups in total. The highest BCUT2D eigenvalue weighted by Crippen LogP contribution is 2.30. The molecule has 132 valence electrons. The lowest BCUT2D eigenvalue weighted by Crippen LogP contribution is -2.25. The summed E-state index contributed by atoms with van der Waals surface area (Å²) in [6.07, 6.45) is 5.14. The van der Waals surface area contributed by atoms with Crippen molar-refractivity contribution in [3.05, 3.63) is 65.1 Å². The highest BCUT2D eigenvalue weighted by molar-refractivity contribution is 5.96. The number of rotatable bonds is 4. The second-order valence-corrected chi connectivity index (χ2v) is 7.04. The fourth-order valence-corrected chi connectivity index (χ4v) is 3.21. The molecule has 0 atom stereocenters. The maximum absolute atomic E-state index is 14.2. The van der Waals surface area contributed by atoms with Crippen LogP contribution in [0.1, 0.15) is 29.5 Å². The number of fused-ring (bicyclic) bond motifs is 1. The van der Waals surface area contributed by atoms with Crippen molar-refractivity contribution in [3.8, 4) is 11.1 Å². The third-order valence-electron chi connectivity index (χ3n) is 4.89. The molecule has 1 heterocycles. The molecule has 4 rings (SSSR count). The van der Waals surface area contributed by atoms with E-state index < -0.39 is 11.7 Å². The highest BCUT2D eigenvalue weighted by Gasteiger charge is 2.24. The number of H-pyrrole nitrogens is 1. The zero-order valence-electron chi connectivity index (χ0n) is 14.9. The van der Waals surface area contributed by atoms with Gasteiger partial charge in [0.15, 0.2) is 5.83 Å². The predicted octanol–water partition coefficient (Wildman–Crippen LogP) is 5.04. The molecule has 0 unspecified atom stereocenters. The van der Waals surface area contributed by atoms with Gasteiger partial charge in [0.2, 0.25) is 0 Å². The molecule has 0 aliphatic heterocycles. The van der Waals surface area contributed by atoms with Crippen LogP contribution in [0.25, 0.3) is 28.1 Å². The normalized spacial score (nSPS) is 14.7. The summed E-state index contributed by atoms with van der Waals surface area (Å²) in [4.78, 5) is 15.0. The van der Waals surface area contributed by atoms with Gasteiger partial charge in [-0.05, 0) is 84.2 Å². The number of carbonyl (C=O) groups excluding carboxylic acids is 1. The molecule has 1 saturated carbocycles. The summed E-state index contributed by atoms with van der Waals surface area (Å²) in [5.74, 6) is -1.35. The first kappa shape index (κ1) is 16.6. The largest absolute Gasteiger partial charge is 0.361 e. The number of hydrogen-bond donors (Lipinski definition) is 2. The van der Waals surface area contributed by atoms with E-state index in [0.717, 1.165) is 51.6 Å². The Morgan fingerprint density at radius 3 is 2.73 bits per heavy atom. The number of benzene rings is 2. The van der Waals surface area contributed by atoms with Crippen molar-refractivity contribution in [1.82, 2.24) is 10.3 Å². The number of amides is 1. The molecular formula is C22H21FN2O. The Balaban J connectivity index is 1.66. The number of aryl methyl sites for hydroxylation is 2. The van der Waals surface area contributed by atoms with Crippen LogP contribution in [-0.2, 0) is 4.79 Å². The minimum atomic E-state index is -0.735. The molecule has 4 heteroatoms. The van der Waals surface area contributed by atoms with Crippen LogP contribution >= 0.6 is 0 Å². The van der Waals surface area contributed by atoms with E-state index >= 15 is 0 Å². The average molecular weight is 348 g/mol. The summed E-state index contributed by atoms with van der Waals surface area (Å²) in [6.45, 7) is 3.95. The van der Waals surface area contributed by atoms with Crippen LogP contribution in [0.4, 0.5) is 4.39 Å². The summed E-state index contributed by atoms with van der Waals surface area (Å²) in [5.41, 5.74) is 6.07. The molecule has 0 bridgehead atoms. The molecule has 0 radical (unpaired) electrons. The quantitative estimate of drug-likeness (QED) is 0.637. The molecule has 0 saturated heterocycles. The van der Waals surface area contributed by atoms with Gasteiger partial charge < -0.3 is 10.3 Å². The van der Waals surface area contributed by atoms with Gasteiger partial charge in [0.25, 0.3) is 5.91 Å². The lowest BCUT2D eigenvalue weighted by molar-refractivity contribution is -0.118. The van der Waals surface area contributed by atoms with E-state index in [1.807, 2.05) is 32.2 Å². The lowest BCUT2D eigenvalue weighted by atomic mass is 9.94. The summed E-state index contributed by atoms with van der Waals surface area (Å²) in [6, 6.07) is 12.5. The Hall–Kier alpha value is -2.88. The molecule has 26 heavy (non-hydrogen) atoms. The number of hydrogen-bond acceptors (Lipinski definition) is 1. The van der Waals surface area contributed by atoms with E-state index in [1.54, 1.807) is 0 Å². The number of aromatic nitrogens is 1. The average Bonchev–Trinajstić information content (AvgIpc) is 3.30. The SMILES string of the molecule is Cc1cc(-c2ccc3[nH]ccc3c2)c(C)cc1/C=C(/F)C(=O)NC1CC1. The van der Waals surface area contributed by atoms with Crippen molar-refractivity contribution in [2.75, 3.05) is 0 Å². The smallest absolute Gasteiger partial charge is 0.280 e. The van der Waals surface area contributed by atoms with E-state index in [4.69, 9.17) is 0 Å². The molecule has 0 spiro atoms. The first-order chi connectivity index (χ1) is 12.5. The molecule has 1 fully saturated rings. The van der Waals surface area contributed by atoms with Gasteiger partial charge in [-0.25, -0.2) is 4.39 Å². The zero-order valence-corrected chi connectivity index (χ0v) is 14.9. The minimum Gasteiger partial charge on any atom is -0.361 e. The summed E-state index contributed by atoms with van der Waals surface area (Å²) in [7, 11) is 0. The van der Waals surface area contributed by atoms with Crippen LogP contribution < -0.4 is 5.32 Å². The lowest BCUT2D eigenvalue weighted by Gasteiger charge is -2.11. The summed E-state index contributed by atoms with van der Waals surface area (Å²) < 4.78 is 14.2. The Bertz CT molecular complexity index is 1030. The van der Waals surface area contributed by atoms with Crippen LogP contribution in [-0.4, -0.2) is 16.9 Å². The molecule has 1 amide bonds. The van der Waals surface area contributed by atoms with Crippen molar-refractivity contribution in [3.63, 3.8) is 0 Å². The Morgan fingerprint density at radius 1 is 1.15 bits per heavy atom. The fourth-order valence-electron chi connectivity index (χ4n) is 3.21. The van der Waals surface area contributed by atoms with Crippen LogP contribution in [0.3, 0.4) is 0 Å². The van der Waals surface area contributed by atoms with Gasteiger partial charge in [0.05, 0.1) is 0 Å². The van der Waals surface area contributed by atoms with Crippen LogP contribution in [0.2, 0.25) is 0 Å². The van der Waals surface area contributed by atoms with Crippen molar-refractivity contribution in [2.45, 2.75) is 32.7 Å². The summed E-state index contributed by atoms with van der Waals surface area (Å²) >= 11 is 0. The molecule has 3 aromatic rings. The van der Waals surface area contributed by atoms with E-state index in [1.165, 1.54) is 6.08 Å². The van der Waals surface area contributed by atoms with Gasteiger partial charge in [-0.15, -0.1) is 0 Å². The van der Waals surface area contributed by atoms with Crippen LogP contribution in [0, 0.1) is 13.8 Å². The van der Waals surface area contributed by atoms with Gasteiger partial charge in [0, 0.05) is 17.8 Å². The van der Waals surface area contributed by atoms with Gasteiger partial charge in [-0.1, -0.05) is 18.2 Å². The Kier molecular flexibility index (Phi) is 4.11. The molecule has 1 aliphatic rings. The van der Waals surface area contributed by atoms with E-state index in [0.29, 0.717) is 0 Å². The molecule has 1 aromatic heterocycles. The van der Waals surface area contributed by atoms with E-state index in [9.17, 15) is 9.18 Å². The van der Waals surface area contributed by atoms with Crippen molar-refractivity contribution in [2.24, 2.45) is 0 Å². The van der Waals surface area contributed by atoms with Crippen molar-refractivity contribution >= 4 is 22.9 Å². The zero-order chi connectivity index (χ0) is 18.3. The van der Waals surface area contributed by atoms with Gasteiger partial charge in [-0.3, -0.25) is 4.79 Å².